The number of aliphatic hydroxyl groups is 1. The molecule has 5 aromatic rings. The van der Waals surface area contributed by atoms with Crippen molar-refractivity contribution in [2.45, 2.75) is 57.1 Å². The summed E-state index contributed by atoms with van der Waals surface area (Å²) in [5, 5.41) is 20.1. The van der Waals surface area contributed by atoms with Gasteiger partial charge in [-0.3, -0.25) is 9.59 Å². The number of pyridine rings is 1. The van der Waals surface area contributed by atoms with Crippen molar-refractivity contribution < 1.29 is 32.3 Å². The second kappa shape index (κ2) is 15.4. The number of benzene rings is 2. The molecule has 0 unspecified atom stereocenters. The Balaban J connectivity index is 1.23. The molecular weight excluding hydrogens is 667 g/mol. The van der Waals surface area contributed by atoms with E-state index >= 15 is 0 Å². The van der Waals surface area contributed by atoms with Crippen LogP contribution in [0.25, 0.3) is 11.5 Å². The summed E-state index contributed by atoms with van der Waals surface area (Å²) >= 11 is 1.51. The van der Waals surface area contributed by atoms with Crippen LogP contribution in [-0.4, -0.2) is 57.0 Å². The lowest BCUT2D eigenvalue weighted by Gasteiger charge is -2.25. The number of aliphatic hydroxyl groups excluding tert-OH is 1. The molecule has 0 saturated carbocycles. The molecule has 0 radical (unpaired) electrons. The number of thiazole rings is 1. The lowest BCUT2D eigenvalue weighted by atomic mass is 10.00. The molecule has 13 heteroatoms. The normalized spacial score (nSPS) is 15.9. The fraction of sp³-hybridized carbons (Fsp3) is 0.297. The van der Waals surface area contributed by atoms with Gasteiger partial charge in [-0.05, 0) is 67.6 Å². The molecule has 2 amide bonds. The number of alkyl halides is 3. The zero-order chi connectivity index (χ0) is 35.3. The van der Waals surface area contributed by atoms with Crippen molar-refractivity contribution in [2.24, 2.45) is 0 Å². The van der Waals surface area contributed by atoms with Crippen LogP contribution in [0.5, 0.6) is 0 Å². The molecule has 1 fully saturated rings. The number of hydrogen-bond acceptors (Lipinski definition) is 8. The van der Waals surface area contributed by atoms with Crippen molar-refractivity contribution in [1.29, 1.82) is 0 Å². The average Bonchev–Trinajstić information content (AvgIpc) is 3.90. The quantitative estimate of drug-likeness (QED) is 0.134. The molecule has 3 atom stereocenters. The van der Waals surface area contributed by atoms with Gasteiger partial charge in [0.05, 0.1) is 30.0 Å². The Bertz CT molecular complexity index is 1920. The molecule has 50 heavy (non-hydrogen) atoms. The van der Waals surface area contributed by atoms with Crippen molar-refractivity contribution in [1.82, 2.24) is 25.5 Å². The lowest BCUT2D eigenvalue weighted by Crippen LogP contribution is -2.48. The third kappa shape index (κ3) is 8.47. The zero-order valence-electron chi connectivity index (χ0n) is 27.2. The van der Waals surface area contributed by atoms with Gasteiger partial charge in [0.15, 0.2) is 5.76 Å². The second-order valence-corrected chi connectivity index (χ2v) is 13.1. The van der Waals surface area contributed by atoms with Gasteiger partial charge < -0.3 is 25.1 Å². The SMILES string of the molecule is Cc1csc([C@H]2CCCN2C(=O)c2cc(C(=O)N[C@@H](Cc3ccccc3)[C@H](O)CNCc3cccc(C(F)(F)F)c3)cc(-c3ccco3)n2)n1. The van der Waals surface area contributed by atoms with Crippen molar-refractivity contribution in [2.75, 3.05) is 13.1 Å². The average molecular weight is 704 g/mol. The molecule has 4 heterocycles. The molecule has 1 aliphatic heterocycles. The van der Waals surface area contributed by atoms with Crippen molar-refractivity contribution in [3.63, 3.8) is 0 Å². The highest BCUT2D eigenvalue weighted by Gasteiger charge is 2.34. The Labute approximate surface area is 291 Å². The second-order valence-electron chi connectivity index (χ2n) is 12.3. The van der Waals surface area contributed by atoms with Crippen molar-refractivity contribution >= 4 is 23.2 Å². The summed E-state index contributed by atoms with van der Waals surface area (Å²) in [5.41, 5.74) is 1.92. The molecule has 0 bridgehead atoms. The smallest absolute Gasteiger partial charge is 0.416 e. The molecule has 1 saturated heterocycles. The van der Waals surface area contributed by atoms with Crippen molar-refractivity contribution in [3.8, 4) is 11.5 Å². The van der Waals surface area contributed by atoms with E-state index in [4.69, 9.17) is 4.42 Å². The van der Waals surface area contributed by atoms with Gasteiger partial charge in [-0.1, -0.05) is 48.5 Å². The van der Waals surface area contributed by atoms with E-state index in [1.807, 2.05) is 42.6 Å². The van der Waals surface area contributed by atoms with E-state index in [1.54, 1.807) is 23.1 Å². The van der Waals surface area contributed by atoms with Gasteiger partial charge in [-0.25, -0.2) is 9.97 Å². The predicted molar refractivity (Wildman–Crippen MR) is 182 cm³/mol. The van der Waals surface area contributed by atoms with Gasteiger partial charge >= 0.3 is 6.18 Å². The highest BCUT2D eigenvalue weighted by molar-refractivity contribution is 7.09. The van der Waals surface area contributed by atoms with Crippen LogP contribution in [0.1, 0.15) is 67.1 Å². The number of amides is 2. The van der Waals surface area contributed by atoms with E-state index in [9.17, 15) is 27.9 Å². The first-order valence-electron chi connectivity index (χ1n) is 16.2. The van der Waals surface area contributed by atoms with Gasteiger partial charge in [0.1, 0.15) is 16.4 Å². The van der Waals surface area contributed by atoms with Gasteiger partial charge in [-0.15, -0.1) is 11.3 Å². The molecule has 0 aliphatic carbocycles. The third-order valence-corrected chi connectivity index (χ3v) is 9.60. The Kier molecular flexibility index (Phi) is 10.8. The minimum atomic E-state index is -4.47. The summed E-state index contributed by atoms with van der Waals surface area (Å²) in [6.45, 7) is 2.50. The monoisotopic (exact) mass is 703 g/mol. The first-order valence-corrected chi connectivity index (χ1v) is 17.1. The summed E-state index contributed by atoms with van der Waals surface area (Å²) in [7, 11) is 0. The van der Waals surface area contributed by atoms with Gasteiger partial charge in [0.25, 0.3) is 11.8 Å². The number of carbonyl (C=O) groups is 2. The molecule has 9 nitrogen and oxygen atoms in total. The summed E-state index contributed by atoms with van der Waals surface area (Å²) in [6.07, 6.45) is -2.27. The summed E-state index contributed by atoms with van der Waals surface area (Å²) in [5.74, 6) is -0.495. The maximum absolute atomic E-state index is 14.0. The highest BCUT2D eigenvalue weighted by Crippen LogP contribution is 2.35. The van der Waals surface area contributed by atoms with Crippen LogP contribution in [-0.2, 0) is 19.1 Å². The van der Waals surface area contributed by atoms with Crippen molar-refractivity contribution in [3.05, 3.63) is 129 Å². The van der Waals surface area contributed by atoms with Crippen LogP contribution in [0, 0.1) is 6.92 Å². The largest absolute Gasteiger partial charge is 0.463 e. The third-order valence-electron chi connectivity index (χ3n) is 8.53. The van der Waals surface area contributed by atoms with Crippen LogP contribution < -0.4 is 10.6 Å². The number of halogens is 3. The Morgan fingerprint density at radius 3 is 2.56 bits per heavy atom. The number of aromatic nitrogens is 2. The molecule has 3 N–H and O–H groups in total. The number of nitrogens with zero attached hydrogens (tertiary/aromatic N) is 3. The number of furan rings is 1. The number of rotatable bonds is 12. The fourth-order valence-electron chi connectivity index (χ4n) is 6.03. The Hall–Kier alpha value is -4.85. The topological polar surface area (TPSA) is 121 Å². The van der Waals surface area contributed by atoms with Gasteiger partial charge in [-0.2, -0.15) is 13.2 Å². The van der Waals surface area contributed by atoms with Crippen LogP contribution in [0.3, 0.4) is 0 Å². The minimum absolute atomic E-state index is 0.0155. The first-order chi connectivity index (χ1) is 24.0. The summed E-state index contributed by atoms with van der Waals surface area (Å²) < 4.78 is 45.2. The standard InChI is InChI=1S/C37H36F3N5O4S/c1-23-22-50-35(42-23)31-12-6-14-45(31)36(48)30-19-26(18-29(43-30)33-13-7-15-49-33)34(47)44-28(17-24-8-3-2-4-9-24)32(46)21-41-20-25-10-5-11-27(16-25)37(38,39)40/h2-5,7-11,13,15-16,18-19,22,28,31-32,41,46H,6,12,14,17,20-21H2,1H3,(H,44,47)/t28-,31+,32+/m0/s1. The minimum Gasteiger partial charge on any atom is -0.463 e. The van der Waals surface area contributed by atoms with Crippen LogP contribution in [0.2, 0.25) is 0 Å². The number of aryl methyl sites for hydroxylation is 1. The lowest BCUT2D eigenvalue weighted by molar-refractivity contribution is -0.137. The zero-order valence-corrected chi connectivity index (χ0v) is 28.0. The van der Waals surface area contributed by atoms with Gasteiger partial charge in [0, 0.05) is 36.3 Å². The molecule has 3 aromatic heterocycles. The predicted octanol–water partition coefficient (Wildman–Crippen LogP) is 6.59. The number of hydrogen-bond donors (Lipinski definition) is 3. The maximum Gasteiger partial charge on any atom is 0.416 e. The molecule has 260 valence electrons. The number of carbonyl (C=O) groups excluding carboxylic acids is 2. The van der Waals surface area contributed by atoms with Crippen LogP contribution in [0.4, 0.5) is 13.2 Å². The molecule has 6 rings (SSSR count). The molecule has 2 aromatic carbocycles. The van der Waals surface area contributed by atoms with Crippen LogP contribution >= 0.6 is 11.3 Å². The Morgan fingerprint density at radius 1 is 1.04 bits per heavy atom. The van der Waals surface area contributed by atoms with E-state index in [0.29, 0.717) is 23.6 Å². The molecular formula is C37H36F3N5O4S. The van der Waals surface area contributed by atoms with E-state index in [-0.39, 0.29) is 42.7 Å². The van der Waals surface area contributed by atoms with E-state index in [0.717, 1.165) is 41.2 Å². The van der Waals surface area contributed by atoms with Gasteiger partial charge in [0.2, 0.25) is 0 Å². The maximum atomic E-state index is 14.0. The Morgan fingerprint density at radius 2 is 1.84 bits per heavy atom. The fourth-order valence-corrected chi connectivity index (χ4v) is 6.97. The summed E-state index contributed by atoms with van der Waals surface area (Å²) in [4.78, 5) is 38.9. The van der Waals surface area contributed by atoms with Crippen LogP contribution in [0.15, 0.2) is 94.9 Å². The first kappa shape index (κ1) is 35.0. The number of likely N-dealkylation sites (tertiary alicyclic amines) is 1. The molecule has 0 spiro atoms. The van der Waals surface area contributed by atoms with E-state index < -0.39 is 29.8 Å². The summed E-state index contributed by atoms with van der Waals surface area (Å²) in [6, 6.07) is 19.6. The van der Waals surface area contributed by atoms with E-state index in [2.05, 4.69) is 20.6 Å². The molecule has 1 aliphatic rings. The van der Waals surface area contributed by atoms with E-state index in [1.165, 1.54) is 35.8 Å². The number of nitrogens with one attached hydrogen (secondary N) is 2. The highest BCUT2D eigenvalue weighted by atomic mass is 32.1.